The molecule has 0 aliphatic carbocycles. The summed E-state index contributed by atoms with van der Waals surface area (Å²) in [6.07, 6.45) is 1.70. The Hall–Kier alpha value is -1.69. The fourth-order valence-electron chi connectivity index (χ4n) is 2.33. The number of anilines is 1. The molecule has 0 fully saturated rings. The number of methoxy groups -OCH3 is 1. The number of imidazole rings is 1. The first kappa shape index (κ1) is 13.7. The zero-order chi connectivity index (χ0) is 14.0. The monoisotopic (exact) mass is 269 g/mol. The van der Waals surface area contributed by atoms with Crippen molar-refractivity contribution in [3.8, 4) is 0 Å². The van der Waals surface area contributed by atoms with Crippen LogP contribution in [0.1, 0.15) is 25.8 Å². The second kappa shape index (κ2) is 5.52. The summed E-state index contributed by atoms with van der Waals surface area (Å²) in [5, 5.41) is 0. The lowest BCUT2D eigenvalue weighted by atomic mass is 10.1. The Morgan fingerprint density at radius 2 is 2.16 bits per heavy atom. The van der Waals surface area contributed by atoms with Gasteiger partial charge in [-0.1, -0.05) is 13.3 Å². The number of aromatic nitrogens is 2. The number of rotatable bonds is 5. The molecule has 2 N–H and O–H groups in total. The summed E-state index contributed by atoms with van der Waals surface area (Å²) in [6, 6.07) is 1.98. The number of ether oxygens (including phenoxy) is 1. The quantitative estimate of drug-likeness (QED) is 0.908. The maximum atomic E-state index is 13.7. The van der Waals surface area contributed by atoms with Crippen LogP contribution < -0.4 is 5.73 Å². The van der Waals surface area contributed by atoms with Crippen LogP contribution in [0, 0.1) is 11.6 Å². The summed E-state index contributed by atoms with van der Waals surface area (Å²) >= 11 is 0. The van der Waals surface area contributed by atoms with Gasteiger partial charge in [-0.2, -0.15) is 0 Å². The van der Waals surface area contributed by atoms with E-state index in [0.29, 0.717) is 12.1 Å². The summed E-state index contributed by atoms with van der Waals surface area (Å²) in [6.45, 7) is 2.45. The first-order valence-corrected chi connectivity index (χ1v) is 6.19. The molecule has 1 atom stereocenters. The maximum Gasteiger partial charge on any atom is 0.201 e. The highest BCUT2D eigenvalue weighted by atomic mass is 19.1. The van der Waals surface area contributed by atoms with Crippen molar-refractivity contribution < 1.29 is 13.5 Å². The van der Waals surface area contributed by atoms with Crippen LogP contribution in [0.15, 0.2) is 12.1 Å². The van der Waals surface area contributed by atoms with E-state index in [1.54, 1.807) is 11.7 Å². The van der Waals surface area contributed by atoms with Gasteiger partial charge in [-0.25, -0.2) is 13.8 Å². The van der Waals surface area contributed by atoms with Crippen LogP contribution >= 0.6 is 0 Å². The molecule has 1 unspecified atom stereocenters. The van der Waals surface area contributed by atoms with Gasteiger partial charge in [-0.3, -0.25) is 0 Å². The third kappa shape index (κ3) is 2.53. The van der Waals surface area contributed by atoms with Gasteiger partial charge in [0.25, 0.3) is 0 Å². The molecule has 4 nitrogen and oxygen atoms in total. The Kier molecular flexibility index (Phi) is 3.99. The van der Waals surface area contributed by atoms with Crippen LogP contribution in [-0.2, 0) is 4.74 Å². The van der Waals surface area contributed by atoms with E-state index >= 15 is 0 Å². The first-order valence-electron chi connectivity index (χ1n) is 6.19. The maximum absolute atomic E-state index is 13.7. The standard InChI is InChI=1S/C13H17F2N3O/c1-3-4-9(7-19-2)18-11-6-8(14)5-10(15)12(11)17-13(18)16/h5-6,9H,3-4,7H2,1-2H3,(H2,16,17). The Balaban J connectivity index is 2.60. The molecule has 0 aliphatic rings. The molecule has 0 saturated carbocycles. The first-order chi connectivity index (χ1) is 9.08. The molecule has 2 rings (SSSR count). The van der Waals surface area contributed by atoms with Crippen molar-refractivity contribution in [2.75, 3.05) is 19.5 Å². The Morgan fingerprint density at radius 1 is 1.42 bits per heavy atom. The molecule has 19 heavy (non-hydrogen) atoms. The lowest BCUT2D eigenvalue weighted by Crippen LogP contribution is -2.16. The number of nitrogens with two attached hydrogens (primary N) is 1. The zero-order valence-electron chi connectivity index (χ0n) is 11.0. The van der Waals surface area contributed by atoms with Gasteiger partial charge in [0.15, 0.2) is 5.82 Å². The highest BCUT2D eigenvalue weighted by Crippen LogP contribution is 2.28. The molecular formula is C13H17F2N3O. The smallest absolute Gasteiger partial charge is 0.201 e. The topological polar surface area (TPSA) is 53.1 Å². The molecule has 1 heterocycles. The van der Waals surface area contributed by atoms with Crippen molar-refractivity contribution >= 4 is 17.0 Å². The minimum atomic E-state index is -0.701. The van der Waals surface area contributed by atoms with Crippen molar-refractivity contribution in [1.82, 2.24) is 9.55 Å². The fraction of sp³-hybridized carbons (Fsp3) is 0.462. The minimum Gasteiger partial charge on any atom is -0.383 e. The molecule has 0 amide bonds. The van der Waals surface area contributed by atoms with Crippen LogP contribution in [0.2, 0.25) is 0 Å². The lowest BCUT2D eigenvalue weighted by Gasteiger charge is -2.19. The SMILES string of the molecule is CCCC(COC)n1c(N)nc2c(F)cc(F)cc21. The highest BCUT2D eigenvalue weighted by Gasteiger charge is 2.20. The number of hydrogen-bond acceptors (Lipinski definition) is 3. The van der Waals surface area contributed by atoms with E-state index in [1.165, 1.54) is 6.07 Å². The number of nitrogens with zero attached hydrogens (tertiary/aromatic N) is 2. The second-order valence-electron chi connectivity index (χ2n) is 4.49. The Bertz CT molecular complexity index is 577. The molecular weight excluding hydrogens is 252 g/mol. The van der Waals surface area contributed by atoms with Crippen LogP contribution in [0.3, 0.4) is 0 Å². The molecule has 1 aromatic heterocycles. The van der Waals surface area contributed by atoms with E-state index in [4.69, 9.17) is 10.5 Å². The molecule has 0 radical (unpaired) electrons. The van der Waals surface area contributed by atoms with Crippen LogP contribution in [0.4, 0.5) is 14.7 Å². The van der Waals surface area contributed by atoms with Crippen molar-refractivity contribution in [3.05, 3.63) is 23.8 Å². The zero-order valence-corrected chi connectivity index (χ0v) is 11.0. The fourth-order valence-corrected chi connectivity index (χ4v) is 2.33. The number of benzene rings is 1. The lowest BCUT2D eigenvalue weighted by molar-refractivity contribution is 0.153. The van der Waals surface area contributed by atoms with Gasteiger partial charge in [0, 0.05) is 19.2 Å². The summed E-state index contributed by atoms with van der Waals surface area (Å²) < 4.78 is 33.8. The summed E-state index contributed by atoms with van der Waals surface area (Å²) in [7, 11) is 1.58. The Labute approximate surface area is 110 Å². The third-order valence-corrected chi connectivity index (χ3v) is 3.09. The van der Waals surface area contributed by atoms with Gasteiger partial charge in [-0.15, -0.1) is 0 Å². The van der Waals surface area contributed by atoms with Crippen LogP contribution in [-0.4, -0.2) is 23.3 Å². The predicted octanol–water partition coefficient (Wildman–Crippen LogP) is 2.88. The molecule has 6 heteroatoms. The van der Waals surface area contributed by atoms with E-state index in [1.807, 2.05) is 6.92 Å². The van der Waals surface area contributed by atoms with Gasteiger partial charge in [-0.05, 0) is 6.42 Å². The van der Waals surface area contributed by atoms with E-state index in [-0.39, 0.29) is 17.5 Å². The van der Waals surface area contributed by atoms with Crippen molar-refractivity contribution in [1.29, 1.82) is 0 Å². The predicted molar refractivity (Wildman–Crippen MR) is 69.9 cm³/mol. The van der Waals surface area contributed by atoms with E-state index in [0.717, 1.165) is 18.9 Å². The van der Waals surface area contributed by atoms with E-state index in [2.05, 4.69) is 4.98 Å². The summed E-state index contributed by atoms with van der Waals surface area (Å²) in [4.78, 5) is 3.98. The second-order valence-corrected chi connectivity index (χ2v) is 4.49. The van der Waals surface area contributed by atoms with Gasteiger partial charge in [0.2, 0.25) is 5.95 Å². The van der Waals surface area contributed by atoms with E-state index < -0.39 is 11.6 Å². The summed E-state index contributed by atoms with van der Waals surface area (Å²) in [5.74, 6) is -1.16. The van der Waals surface area contributed by atoms with Gasteiger partial charge < -0.3 is 15.0 Å². The van der Waals surface area contributed by atoms with E-state index in [9.17, 15) is 8.78 Å². The molecule has 0 bridgehead atoms. The largest absolute Gasteiger partial charge is 0.383 e. The number of hydrogen-bond donors (Lipinski definition) is 1. The van der Waals surface area contributed by atoms with Crippen LogP contribution in [0.25, 0.3) is 11.0 Å². The normalized spacial score (nSPS) is 13.1. The third-order valence-electron chi connectivity index (χ3n) is 3.09. The van der Waals surface area contributed by atoms with Crippen LogP contribution in [0.5, 0.6) is 0 Å². The molecule has 1 aromatic carbocycles. The van der Waals surface area contributed by atoms with Crippen molar-refractivity contribution in [2.45, 2.75) is 25.8 Å². The average Bonchev–Trinajstić information content (AvgIpc) is 2.66. The van der Waals surface area contributed by atoms with Gasteiger partial charge in [0.05, 0.1) is 18.2 Å². The summed E-state index contributed by atoms with van der Waals surface area (Å²) in [5.41, 5.74) is 6.30. The Morgan fingerprint density at radius 3 is 2.79 bits per heavy atom. The molecule has 104 valence electrons. The highest BCUT2D eigenvalue weighted by molar-refractivity contribution is 5.79. The van der Waals surface area contributed by atoms with Gasteiger partial charge in [0.1, 0.15) is 11.3 Å². The molecule has 0 saturated heterocycles. The molecule has 0 spiro atoms. The average molecular weight is 269 g/mol. The molecule has 2 aromatic rings. The number of fused-ring (bicyclic) bond motifs is 1. The minimum absolute atomic E-state index is 0.0822. The molecule has 0 aliphatic heterocycles. The van der Waals surface area contributed by atoms with Crippen molar-refractivity contribution in [3.63, 3.8) is 0 Å². The van der Waals surface area contributed by atoms with Gasteiger partial charge >= 0.3 is 0 Å². The number of nitrogen functional groups attached to an aromatic ring is 1. The number of halogens is 2. The van der Waals surface area contributed by atoms with Crippen molar-refractivity contribution in [2.24, 2.45) is 0 Å².